The predicted octanol–water partition coefficient (Wildman–Crippen LogP) is 7.37. The van der Waals surface area contributed by atoms with E-state index in [9.17, 15) is 27.9 Å². The largest absolute Gasteiger partial charge is 0.480 e. The minimum absolute atomic E-state index is 0.194. The molecule has 1 aliphatic rings. The van der Waals surface area contributed by atoms with Gasteiger partial charge in [0.05, 0.1) is 10.5 Å². The van der Waals surface area contributed by atoms with Crippen molar-refractivity contribution < 1.29 is 27.9 Å². The Labute approximate surface area is 215 Å². The maximum absolute atomic E-state index is 13.3. The lowest BCUT2D eigenvalue weighted by Crippen LogP contribution is -2.43. The Balaban J connectivity index is 1.75. The summed E-state index contributed by atoms with van der Waals surface area (Å²) < 4.78 is 40.0. The van der Waals surface area contributed by atoms with Gasteiger partial charge in [-0.15, -0.1) is 0 Å². The summed E-state index contributed by atoms with van der Waals surface area (Å²) in [6.45, 7) is 1.94. The van der Waals surface area contributed by atoms with E-state index in [-0.39, 0.29) is 4.32 Å². The number of amides is 1. The van der Waals surface area contributed by atoms with Crippen LogP contribution in [0.3, 0.4) is 0 Å². The lowest BCUT2D eigenvalue weighted by molar-refractivity contribution is -0.145. The molecule has 3 aromatic rings. The Morgan fingerprint density at radius 3 is 2.50 bits per heavy atom. The number of hydrogen-bond donors (Lipinski definition) is 1. The Morgan fingerprint density at radius 2 is 1.83 bits per heavy atom. The van der Waals surface area contributed by atoms with Crippen molar-refractivity contribution in [3.05, 3.63) is 76.7 Å². The number of unbranched alkanes of at least 4 members (excludes halogenated alkanes) is 1. The molecule has 1 atom stereocenters. The van der Waals surface area contributed by atoms with Crippen LogP contribution >= 0.6 is 24.0 Å². The number of alkyl halides is 3. The highest BCUT2D eigenvalue weighted by Gasteiger charge is 2.40. The van der Waals surface area contributed by atoms with Crippen molar-refractivity contribution in [2.45, 2.75) is 38.4 Å². The molecule has 0 unspecified atom stereocenters. The van der Waals surface area contributed by atoms with E-state index in [0.29, 0.717) is 34.4 Å². The van der Waals surface area contributed by atoms with E-state index in [1.807, 2.05) is 25.1 Å². The van der Waals surface area contributed by atoms with Gasteiger partial charge in [0.15, 0.2) is 0 Å². The number of carbonyl (C=O) groups is 2. The van der Waals surface area contributed by atoms with Gasteiger partial charge in [-0.1, -0.05) is 92.3 Å². The highest BCUT2D eigenvalue weighted by atomic mass is 32.2. The van der Waals surface area contributed by atoms with Crippen LogP contribution < -0.4 is 0 Å². The summed E-state index contributed by atoms with van der Waals surface area (Å²) in [4.78, 5) is 26.5. The fraction of sp³-hybridized carbons (Fsp3) is 0.222. The first-order valence-corrected chi connectivity index (χ1v) is 12.5. The topological polar surface area (TPSA) is 57.6 Å². The normalized spacial score (nSPS) is 16.2. The average Bonchev–Trinajstić information content (AvgIpc) is 3.11. The average molecular weight is 530 g/mol. The van der Waals surface area contributed by atoms with Crippen LogP contribution in [0.15, 0.2) is 65.6 Å². The van der Waals surface area contributed by atoms with E-state index in [2.05, 4.69) is 0 Å². The van der Waals surface area contributed by atoms with Crippen molar-refractivity contribution in [2.75, 3.05) is 0 Å². The van der Waals surface area contributed by atoms with Crippen LogP contribution in [0.4, 0.5) is 13.2 Å². The number of carboxylic acid groups (broad SMARTS) is 1. The first kappa shape index (κ1) is 25.9. The van der Waals surface area contributed by atoms with Crippen LogP contribution in [0.1, 0.15) is 37.3 Å². The number of carboxylic acids is 1. The quantitative estimate of drug-likeness (QED) is 0.256. The molecule has 3 aromatic carbocycles. The van der Waals surface area contributed by atoms with Crippen molar-refractivity contribution >= 4 is 57.0 Å². The number of hydrogen-bond acceptors (Lipinski definition) is 4. The van der Waals surface area contributed by atoms with Gasteiger partial charge in [0, 0.05) is 0 Å². The van der Waals surface area contributed by atoms with E-state index < -0.39 is 29.7 Å². The zero-order valence-electron chi connectivity index (χ0n) is 19.2. The number of benzene rings is 3. The molecule has 1 saturated heterocycles. The van der Waals surface area contributed by atoms with E-state index in [1.54, 1.807) is 30.3 Å². The summed E-state index contributed by atoms with van der Waals surface area (Å²) in [5.74, 6) is -1.56. The number of thiocarbonyl (C=S) groups is 1. The molecule has 0 aromatic heterocycles. The van der Waals surface area contributed by atoms with Crippen LogP contribution in [-0.4, -0.2) is 32.2 Å². The van der Waals surface area contributed by atoms with Crippen LogP contribution in [-0.2, 0) is 15.8 Å². The van der Waals surface area contributed by atoms with Crippen molar-refractivity contribution in [1.29, 1.82) is 0 Å². The third kappa shape index (κ3) is 5.17. The van der Waals surface area contributed by atoms with Gasteiger partial charge < -0.3 is 5.11 Å². The molecule has 0 aliphatic carbocycles. The van der Waals surface area contributed by atoms with Crippen molar-refractivity contribution in [3.63, 3.8) is 0 Å². The van der Waals surface area contributed by atoms with Gasteiger partial charge in [0.2, 0.25) is 0 Å². The number of nitrogens with zero attached hydrogens (tertiary/aromatic N) is 1. The number of halogens is 3. The first-order chi connectivity index (χ1) is 17.1. The molecule has 0 spiro atoms. The molecule has 0 radical (unpaired) electrons. The second-order valence-electron chi connectivity index (χ2n) is 8.37. The number of rotatable bonds is 7. The summed E-state index contributed by atoms with van der Waals surface area (Å²) in [6.07, 6.45) is -1.05. The van der Waals surface area contributed by atoms with E-state index >= 15 is 0 Å². The summed E-state index contributed by atoms with van der Waals surface area (Å²) >= 11 is 6.40. The first-order valence-electron chi connectivity index (χ1n) is 11.3. The number of thioether (sulfide) groups is 1. The monoisotopic (exact) mass is 529 g/mol. The lowest BCUT2D eigenvalue weighted by Gasteiger charge is -2.22. The van der Waals surface area contributed by atoms with Crippen LogP contribution in [0.25, 0.3) is 28.0 Å². The minimum atomic E-state index is -4.45. The minimum Gasteiger partial charge on any atom is -0.480 e. The van der Waals surface area contributed by atoms with Gasteiger partial charge in [-0.05, 0) is 52.1 Å². The zero-order chi connectivity index (χ0) is 26.0. The number of carbonyl (C=O) groups excluding carboxylic acids is 1. The summed E-state index contributed by atoms with van der Waals surface area (Å²) in [7, 11) is 0. The molecule has 186 valence electrons. The Hall–Kier alpha value is -3.17. The molecule has 1 N–H and O–H groups in total. The molecule has 0 bridgehead atoms. The lowest BCUT2D eigenvalue weighted by atomic mass is 9.94. The molecule has 4 nitrogen and oxygen atoms in total. The standard InChI is InChI=1S/C27H22F3NO3S2/c1-2-3-11-22(25(33)34)31-24(32)23(36-26(31)35)15-17-12-13-20(21-10-5-4-9-19(17)21)16-7-6-8-18(14-16)27(28,29)30/h4-10,12-15,22H,2-3,11H2,1H3,(H,33,34)/b23-15-/t22-/m0/s1. The van der Waals surface area contributed by atoms with Gasteiger partial charge in [-0.3, -0.25) is 9.69 Å². The van der Waals surface area contributed by atoms with Crippen molar-refractivity contribution in [2.24, 2.45) is 0 Å². The summed E-state index contributed by atoms with van der Waals surface area (Å²) in [5, 5.41) is 11.1. The highest BCUT2D eigenvalue weighted by molar-refractivity contribution is 8.26. The number of fused-ring (bicyclic) bond motifs is 1. The fourth-order valence-electron chi connectivity index (χ4n) is 4.21. The van der Waals surface area contributed by atoms with Crippen LogP contribution in [0.5, 0.6) is 0 Å². The molecule has 4 rings (SSSR count). The van der Waals surface area contributed by atoms with Gasteiger partial charge in [-0.2, -0.15) is 13.2 Å². The summed E-state index contributed by atoms with van der Waals surface area (Å²) in [5.41, 5.74) is 1.01. The molecule has 9 heteroatoms. The third-order valence-corrected chi connectivity index (χ3v) is 7.33. The Morgan fingerprint density at radius 1 is 1.11 bits per heavy atom. The fourth-order valence-corrected chi connectivity index (χ4v) is 5.56. The highest BCUT2D eigenvalue weighted by Crippen LogP contribution is 2.39. The van der Waals surface area contributed by atoms with E-state index in [1.165, 1.54) is 11.0 Å². The maximum atomic E-state index is 13.3. The second-order valence-corrected chi connectivity index (χ2v) is 10.1. The zero-order valence-corrected chi connectivity index (χ0v) is 20.8. The van der Waals surface area contributed by atoms with Crippen LogP contribution in [0, 0.1) is 0 Å². The molecule has 1 aliphatic heterocycles. The second kappa shape index (κ2) is 10.4. The molecule has 1 amide bonds. The van der Waals surface area contributed by atoms with E-state index in [0.717, 1.165) is 41.1 Å². The van der Waals surface area contributed by atoms with Gasteiger partial charge >= 0.3 is 12.1 Å². The van der Waals surface area contributed by atoms with E-state index in [4.69, 9.17) is 12.2 Å². The summed E-state index contributed by atoms with van der Waals surface area (Å²) in [6, 6.07) is 14.9. The third-order valence-electron chi connectivity index (χ3n) is 6.00. The van der Waals surface area contributed by atoms with Gasteiger partial charge in [0.1, 0.15) is 10.4 Å². The molecule has 1 fully saturated rings. The predicted molar refractivity (Wildman–Crippen MR) is 140 cm³/mol. The molecular formula is C27H22F3NO3S2. The van der Waals surface area contributed by atoms with Crippen LogP contribution in [0.2, 0.25) is 0 Å². The SMILES string of the molecule is CCCC[C@@H](C(=O)O)N1C(=O)/C(=C/c2ccc(-c3cccc(C(F)(F)F)c3)c3ccccc23)SC1=S. The van der Waals surface area contributed by atoms with Gasteiger partial charge in [0.25, 0.3) is 5.91 Å². The van der Waals surface area contributed by atoms with Gasteiger partial charge in [-0.25, -0.2) is 4.79 Å². The Kier molecular flexibility index (Phi) is 7.51. The molecular weight excluding hydrogens is 507 g/mol. The smallest absolute Gasteiger partial charge is 0.416 e. The maximum Gasteiger partial charge on any atom is 0.416 e. The van der Waals surface area contributed by atoms with Crippen molar-refractivity contribution in [1.82, 2.24) is 4.90 Å². The Bertz CT molecular complexity index is 1380. The molecule has 0 saturated carbocycles. The van der Waals surface area contributed by atoms with Crippen molar-refractivity contribution in [3.8, 4) is 11.1 Å². The molecule has 1 heterocycles. The number of aliphatic carboxylic acids is 1. The molecule has 36 heavy (non-hydrogen) atoms.